The molecular weight excluding hydrogens is 416 g/mol. The van der Waals surface area contributed by atoms with E-state index in [1.807, 2.05) is 24.3 Å². The molecular formula is C23H32N2O7. The molecule has 2 aliphatic heterocycles. The fraction of sp³-hybridized carbons (Fsp3) is 0.609. The maximum Gasteiger partial charge on any atom is 0.411 e. The lowest BCUT2D eigenvalue weighted by molar-refractivity contribution is -0.145. The molecule has 0 radical (unpaired) electrons. The summed E-state index contributed by atoms with van der Waals surface area (Å²) in [5.41, 5.74) is -0.844. The molecule has 9 nitrogen and oxygen atoms in total. The second kappa shape index (κ2) is 8.97. The highest BCUT2D eigenvalue weighted by Gasteiger charge is 2.63. The molecule has 0 bridgehead atoms. The first kappa shape index (κ1) is 23.8. The molecule has 1 aromatic carbocycles. The van der Waals surface area contributed by atoms with Gasteiger partial charge in [0, 0.05) is 26.7 Å². The Balaban J connectivity index is 1.87. The first-order valence-electron chi connectivity index (χ1n) is 10.6. The number of amides is 2. The molecule has 1 aromatic rings. The molecule has 0 N–H and O–H groups in total. The van der Waals surface area contributed by atoms with Crippen LogP contribution in [0.5, 0.6) is 5.75 Å². The lowest BCUT2D eigenvalue weighted by Gasteiger charge is -2.29. The number of rotatable bonds is 5. The van der Waals surface area contributed by atoms with E-state index >= 15 is 0 Å². The van der Waals surface area contributed by atoms with Gasteiger partial charge in [-0.3, -0.25) is 9.69 Å². The number of hydrogen-bond donors (Lipinski definition) is 0. The predicted molar refractivity (Wildman–Crippen MR) is 115 cm³/mol. The standard InChI is InChI=1S/C23H32N2O7/c1-22(2,3)32-21(28)25-14-23(11-17(25)19(26)31-6)18(30-5)13-24(20(23)27)12-15-7-9-16(29-4)10-8-15/h7-10,17-18H,11-14H2,1-6H3/t17-,18?,23-/m0/s1. The Labute approximate surface area is 188 Å². The van der Waals surface area contributed by atoms with Crippen molar-refractivity contribution in [2.24, 2.45) is 5.41 Å². The number of nitrogens with zero attached hydrogens (tertiary/aromatic N) is 2. The van der Waals surface area contributed by atoms with Gasteiger partial charge >= 0.3 is 12.1 Å². The number of esters is 1. The first-order chi connectivity index (χ1) is 15.0. The van der Waals surface area contributed by atoms with Crippen LogP contribution >= 0.6 is 0 Å². The third-order valence-electron chi connectivity index (χ3n) is 6.02. The molecule has 3 atom stereocenters. The van der Waals surface area contributed by atoms with Crippen molar-refractivity contribution in [3.63, 3.8) is 0 Å². The Kier molecular flexibility index (Phi) is 6.69. The van der Waals surface area contributed by atoms with Crippen molar-refractivity contribution in [2.45, 2.75) is 51.5 Å². The summed E-state index contributed by atoms with van der Waals surface area (Å²) in [7, 11) is 4.40. The Bertz CT molecular complexity index is 864. The van der Waals surface area contributed by atoms with Gasteiger partial charge in [-0.15, -0.1) is 0 Å². The van der Waals surface area contributed by atoms with Gasteiger partial charge < -0.3 is 23.8 Å². The van der Waals surface area contributed by atoms with Gasteiger partial charge in [-0.1, -0.05) is 12.1 Å². The Hall–Kier alpha value is -2.81. The summed E-state index contributed by atoms with van der Waals surface area (Å²) in [6.07, 6.45) is -1.01. The Morgan fingerprint density at radius 2 is 1.78 bits per heavy atom. The molecule has 0 aliphatic carbocycles. The molecule has 176 valence electrons. The van der Waals surface area contributed by atoms with E-state index in [-0.39, 0.29) is 18.9 Å². The molecule has 3 rings (SSSR count). The number of carbonyl (C=O) groups excluding carboxylic acids is 3. The zero-order valence-corrected chi connectivity index (χ0v) is 19.5. The summed E-state index contributed by atoms with van der Waals surface area (Å²) in [5.74, 6) is 0.00146. The molecule has 2 amide bonds. The van der Waals surface area contributed by atoms with Crippen LogP contribution in [-0.2, 0) is 30.3 Å². The fourth-order valence-corrected chi connectivity index (χ4v) is 4.48. The van der Waals surface area contributed by atoms with Crippen LogP contribution < -0.4 is 4.74 Å². The van der Waals surface area contributed by atoms with Crippen LogP contribution in [0.1, 0.15) is 32.8 Å². The van der Waals surface area contributed by atoms with Gasteiger partial charge in [-0.2, -0.15) is 0 Å². The van der Waals surface area contributed by atoms with Gasteiger partial charge in [0.2, 0.25) is 5.91 Å². The zero-order valence-electron chi connectivity index (χ0n) is 19.5. The number of likely N-dealkylation sites (tertiary alicyclic amines) is 2. The zero-order chi connectivity index (χ0) is 23.7. The molecule has 32 heavy (non-hydrogen) atoms. The van der Waals surface area contributed by atoms with Crippen LogP contribution in [0.2, 0.25) is 0 Å². The molecule has 0 aromatic heterocycles. The van der Waals surface area contributed by atoms with Crippen molar-refractivity contribution in [3.8, 4) is 5.75 Å². The Morgan fingerprint density at radius 3 is 2.31 bits per heavy atom. The SMILES string of the molecule is COC(=O)[C@@H]1C[C@@]2(CN1C(=O)OC(C)(C)C)C(=O)N(Cc1ccc(OC)cc1)CC2OC. The van der Waals surface area contributed by atoms with Crippen LogP contribution in [0, 0.1) is 5.41 Å². The molecule has 2 saturated heterocycles. The fourth-order valence-electron chi connectivity index (χ4n) is 4.48. The van der Waals surface area contributed by atoms with E-state index in [0.29, 0.717) is 13.1 Å². The van der Waals surface area contributed by atoms with E-state index in [2.05, 4.69) is 0 Å². The first-order valence-corrected chi connectivity index (χ1v) is 10.6. The van der Waals surface area contributed by atoms with E-state index < -0.39 is 35.2 Å². The number of hydrogen-bond acceptors (Lipinski definition) is 7. The minimum absolute atomic E-state index is 0.0259. The van der Waals surface area contributed by atoms with Crippen molar-refractivity contribution >= 4 is 18.0 Å². The maximum absolute atomic E-state index is 13.6. The second-order valence-corrected chi connectivity index (χ2v) is 9.27. The summed E-state index contributed by atoms with van der Waals surface area (Å²) < 4.78 is 21.3. The smallest absolute Gasteiger partial charge is 0.411 e. The highest BCUT2D eigenvalue weighted by molar-refractivity contribution is 5.91. The predicted octanol–water partition coefficient (Wildman–Crippen LogP) is 2.22. The van der Waals surface area contributed by atoms with Gasteiger partial charge in [-0.25, -0.2) is 9.59 Å². The van der Waals surface area contributed by atoms with E-state index in [1.54, 1.807) is 39.9 Å². The number of benzene rings is 1. The van der Waals surface area contributed by atoms with Gasteiger partial charge in [0.05, 0.1) is 25.7 Å². The number of ether oxygens (including phenoxy) is 4. The monoisotopic (exact) mass is 448 g/mol. The van der Waals surface area contributed by atoms with Gasteiger partial charge in [0.1, 0.15) is 17.4 Å². The molecule has 2 aliphatic rings. The van der Waals surface area contributed by atoms with Crippen molar-refractivity contribution in [1.29, 1.82) is 0 Å². The van der Waals surface area contributed by atoms with Crippen molar-refractivity contribution in [2.75, 3.05) is 34.4 Å². The summed E-state index contributed by atoms with van der Waals surface area (Å²) in [5, 5.41) is 0. The van der Waals surface area contributed by atoms with E-state index in [4.69, 9.17) is 18.9 Å². The highest BCUT2D eigenvalue weighted by Crippen LogP contribution is 2.46. The van der Waals surface area contributed by atoms with Crippen LogP contribution in [0.15, 0.2) is 24.3 Å². The van der Waals surface area contributed by atoms with Crippen molar-refractivity contribution in [3.05, 3.63) is 29.8 Å². The summed E-state index contributed by atoms with van der Waals surface area (Å²) >= 11 is 0. The van der Waals surface area contributed by atoms with E-state index in [0.717, 1.165) is 11.3 Å². The normalized spacial score (nSPS) is 25.4. The second-order valence-electron chi connectivity index (χ2n) is 9.27. The third kappa shape index (κ3) is 4.53. The van der Waals surface area contributed by atoms with Crippen LogP contribution in [0.4, 0.5) is 4.79 Å². The average molecular weight is 449 g/mol. The van der Waals surface area contributed by atoms with E-state index in [1.165, 1.54) is 12.0 Å². The quantitative estimate of drug-likeness (QED) is 0.638. The summed E-state index contributed by atoms with van der Waals surface area (Å²) in [6, 6.07) is 6.56. The Morgan fingerprint density at radius 1 is 1.12 bits per heavy atom. The molecule has 2 heterocycles. The topological polar surface area (TPSA) is 94.6 Å². The lowest BCUT2D eigenvalue weighted by atomic mass is 9.81. The summed E-state index contributed by atoms with van der Waals surface area (Å²) in [6.45, 7) is 6.02. The number of carbonyl (C=O) groups is 3. The largest absolute Gasteiger partial charge is 0.497 e. The van der Waals surface area contributed by atoms with Gasteiger partial charge in [0.25, 0.3) is 0 Å². The molecule has 1 unspecified atom stereocenters. The van der Waals surface area contributed by atoms with Crippen LogP contribution in [0.25, 0.3) is 0 Å². The van der Waals surface area contributed by atoms with Crippen LogP contribution in [0.3, 0.4) is 0 Å². The molecule has 0 saturated carbocycles. The van der Waals surface area contributed by atoms with Crippen molar-refractivity contribution < 1.29 is 33.3 Å². The maximum atomic E-state index is 13.6. The molecule has 1 spiro atoms. The average Bonchev–Trinajstić information content (AvgIpc) is 3.27. The van der Waals surface area contributed by atoms with E-state index in [9.17, 15) is 14.4 Å². The minimum atomic E-state index is -1.04. The third-order valence-corrected chi connectivity index (χ3v) is 6.02. The van der Waals surface area contributed by atoms with Crippen LogP contribution in [-0.4, -0.2) is 79.9 Å². The lowest BCUT2D eigenvalue weighted by Crippen LogP contribution is -2.45. The molecule has 2 fully saturated rings. The van der Waals surface area contributed by atoms with Crippen molar-refractivity contribution in [1.82, 2.24) is 9.80 Å². The minimum Gasteiger partial charge on any atom is -0.497 e. The summed E-state index contributed by atoms with van der Waals surface area (Å²) in [4.78, 5) is 42.0. The highest BCUT2D eigenvalue weighted by atomic mass is 16.6. The number of methoxy groups -OCH3 is 3. The van der Waals surface area contributed by atoms with Gasteiger partial charge in [0.15, 0.2) is 0 Å². The van der Waals surface area contributed by atoms with Gasteiger partial charge in [-0.05, 0) is 44.9 Å². The molecule has 9 heteroatoms.